The number of nitrogens with one attached hydrogen (secondary N) is 2. The summed E-state index contributed by atoms with van der Waals surface area (Å²) in [5, 5.41) is 7.19. The molecule has 2 aliphatic heterocycles. The zero-order valence-corrected chi connectivity index (χ0v) is 24.3. The van der Waals surface area contributed by atoms with Crippen LogP contribution in [0.4, 0.5) is 5.69 Å². The molecule has 0 unspecified atom stereocenters. The van der Waals surface area contributed by atoms with Gasteiger partial charge in [-0.2, -0.15) is 0 Å². The molecule has 35 heavy (non-hydrogen) atoms. The van der Waals surface area contributed by atoms with Crippen LogP contribution in [0.25, 0.3) is 0 Å². The number of rotatable bonds is 5. The van der Waals surface area contributed by atoms with Gasteiger partial charge in [-0.1, -0.05) is 73.4 Å². The average Bonchev–Trinajstić information content (AvgIpc) is 3.05. The van der Waals surface area contributed by atoms with Gasteiger partial charge in [-0.3, -0.25) is 14.6 Å². The van der Waals surface area contributed by atoms with Crippen molar-refractivity contribution in [2.24, 2.45) is 16.3 Å². The molecule has 0 aliphatic carbocycles. The lowest BCUT2D eigenvalue weighted by molar-refractivity contribution is -0.135. The molecule has 3 rings (SSSR count). The first kappa shape index (κ1) is 29.5. The predicted molar refractivity (Wildman–Crippen MR) is 151 cm³/mol. The maximum absolute atomic E-state index is 13.6. The smallest absolute Gasteiger partial charge is 0.239 e. The van der Waals surface area contributed by atoms with E-state index >= 15 is 0 Å². The number of halogens is 2. The number of piperidine rings is 1. The van der Waals surface area contributed by atoms with E-state index in [1.165, 1.54) is 0 Å². The second kappa shape index (κ2) is 12.5. The lowest BCUT2D eigenvalue weighted by atomic mass is 9.59. The molecule has 0 aromatic heterocycles. The molecule has 1 aromatic rings. The van der Waals surface area contributed by atoms with Crippen LogP contribution in [0.3, 0.4) is 0 Å². The first-order valence-electron chi connectivity index (χ1n) is 12.2. The summed E-state index contributed by atoms with van der Waals surface area (Å²) in [6.07, 6.45) is 8.41. The molecule has 1 spiro atoms. The molecule has 8 heteroatoms. The van der Waals surface area contributed by atoms with Crippen molar-refractivity contribution in [1.82, 2.24) is 10.2 Å². The second-order valence-electron chi connectivity index (χ2n) is 10.6. The van der Waals surface area contributed by atoms with Crippen LogP contribution in [0, 0.1) is 11.3 Å². The predicted octanol–water partition coefficient (Wildman–Crippen LogP) is 5.80. The number of hydrogen-bond acceptors (Lipinski definition) is 4. The highest BCUT2D eigenvalue weighted by Crippen LogP contribution is 2.51. The lowest BCUT2D eigenvalue weighted by Crippen LogP contribution is -2.67. The Kier molecular flexibility index (Phi) is 10.6. The third kappa shape index (κ3) is 6.75. The van der Waals surface area contributed by atoms with Crippen molar-refractivity contribution in [3.05, 3.63) is 40.9 Å². The minimum atomic E-state index is -0.859. The van der Waals surface area contributed by atoms with Gasteiger partial charge in [0, 0.05) is 43.0 Å². The van der Waals surface area contributed by atoms with Gasteiger partial charge in [-0.15, -0.1) is 0 Å². The maximum Gasteiger partial charge on any atom is 0.239 e. The third-order valence-corrected chi connectivity index (χ3v) is 6.98. The Labute approximate surface area is 224 Å². The summed E-state index contributed by atoms with van der Waals surface area (Å²) in [6, 6.07) is 4.94. The Bertz CT molecular complexity index is 957. The van der Waals surface area contributed by atoms with Crippen LogP contribution in [-0.2, 0) is 15.0 Å². The average molecular weight is 568 g/mol. The van der Waals surface area contributed by atoms with Crippen molar-refractivity contribution < 1.29 is 9.59 Å². The zero-order chi connectivity index (χ0) is 26.4. The zero-order valence-electron chi connectivity index (χ0n) is 22.0. The van der Waals surface area contributed by atoms with Crippen LogP contribution < -0.4 is 10.6 Å². The number of alkyl halides is 1. The Morgan fingerprint density at radius 2 is 2.03 bits per heavy atom. The molecule has 1 saturated heterocycles. The van der Waals surface area contributed by atoms with Crippen molar-refractivity contribution in [2.45, 2.75) is 71.4 Å². The number of allylic oxidation sites excluding steroid dienone is 2. The minimum Gasteiger partial charge on any atom is -0.347 e. The van der Waals surface area contributed by atoms with Gasteiger partial charge < -0.3 is 15.5 Å². The molecule has 1 fully saturated rings. The van der Waals surface area contributed by atoms with E-state index in [9.17, 15) is 9.59 Å². The Balaban J connectivity index is 0.000000784. The molecule has 4 atom stereocenters. The highest BCUT2D eigenvalue weighted by molar-refractivity contribution is 9.09. The summed E-state index contributed by atoms with van der Waals surface area (Å²) in [6.45, 7) is 10.6. The molecule has 1 aromatic carbocycles. The topological polar surface area (TPSA) is 73.8 Å². The maximum atomic E-state index is 13.6. The number of nitrogens with zero attached hydrogens (tertiary/aromatic N) is 2. The van der Waals surface area contributed by atoms with Gasteiger partial charge in [0.25, 0.3) is 0 Å². The van der Waals surface area contributed by atoms with Gasteiger partial charge in [0.2, 0.25) is 11.8 Å². The highest BCUT2D eigenvalue weighted by Gasteiger charge is 2.60. The van der Waals surface area contributed by atoms with Crippen LogP contribution in [0.15, 0.2) is 35.3 Å². The fourth-order valence-corrected chi connectivity index (χ4v) is 5.42. The first-order chi connectivity index (χ1) is 16.4. The van der Waals surface area contributed by atoms with E-state index in [4.69, 9.17) is 11.6 Å². The number of carbonyl (C=O) groups excluding carboxylic acids is 2. The Morgan fingerprint density at radius 1 is 1.34 bits per heavy atom. The number of aliphatic imine (C=N–C) groups is 1. The normalized spacial score (nSPS) is 26.0. The van der Waals surface area contributed by atoms with Crippen molar-refractivity contribution in [2.75, 3.05) is 24.9 Å². The van der Waals surface area contributed by atoms with E-state index in [1.807, 2.05) is 25.3 Å². The largest absolute Gasteiger partial charge is 0.347 e. The van der Waals surface area contributed by atoms with Crippen molar-refractivity contribution in [3.63, 3.8) is 0 Å². The van der Waals surface area contributed by atoms with E-state index < -0.39 is 5.41 Å². The SMILES string of the molecule is C/C=C\CC.CN(C)C(=O)[C@H]1C[C@H](/C=N/CBr)[C@@]2(C(=O)Nc3cc(Cl)ccc32)[C@@H](CC(C)(C)C)N1. The summed E-state index contributed by atoms with van der Waals surface area (Å²) in [7, 11) is 3.52. The van der Waals surface area contributed by atoms with Gasteiger partial charge in [-0.25, -0.2) is 0 Å². The lowest BCUT2D eigenvalue weighted by Gasteiger charge is -2.49. The molecule has 6 nitrogen and oxygen atoms in total. The summed E-state index contributed by atoms with van der Waals surface area (Å²) < 4.78 is 0. The van der Waals surface area contributed by atoms with Crippen LogP contribution in [0.5, 0.6) is 0 Å². The molecule has 194 valence electrons. The number of anilines is 1. The fourth-order valence-electron chi connectivity index (χ4n) is 5.08. The first-order valence-corrected chi connectivity index (χ1v) is 13.7. The number of benzene rings is 1. The molecule has 0 saturated carbocycles. The second-order valence-corrected chi connectivity index (χ2v) is 11.5. The van der Waals surface area contributed by atoms with Gasteiger partial charge >= 0.3 is 0 Å². The third-order valence-electron chi connectivity index (χ3n) is 6.46. The van der Waals surface area contributed by atoms with Gasteiger partial charge in [0.1, 0.15) is 0 Å². The van der Waals surface area contributed by atoms with Gasteiger partial charge in [-0.05, 0) is 49.3 Å². The number of hydrogen-bond donors (Lipinski definition) is 2. The van der Waals surface area contributed by atoms with Crippen LogP contribution in [-0.4, -0.2) is 54.6 Å². The summed E-state index contributed by atoms with van der Waals surface area (Å²) in [4.78, 5) is 32.6. The quantitative estimate of drug-likeness (QED) is 0.204. The van der Waals surface area contributed by atoms with Gasteiger partial charge in [0.15, 0.2) is 0 Å². The molecule has 2 amide bonds. The van der Waals surface area contributed by atoms with E-state index in [0.717, 1.165) is 24.1 Å². The molecule has 2 N–H and O–H groups in total. The molecule has 2 aliphatic rings. The Morgan fingerprint density at radius 3 is 2.54 bits per heavy atom. The van der Waals surface area contributed by atoms with Crippen LogP contribution in [0.2, 0.25) is 5.02 Å². The molecule has 0 radical (unpaired) electrons. The summed E-state index contributed by atoms with van der Waals surface area (Å²) >= 11 is 9.57. The van der Waals surface area contributed by atoms with Crippen molar-refractivity contribution >= 4 is 51.2 Å². The van der Waals surface area contributed by atoms with Crippen molar-refractivity contribution in [3.8, 4) is 0 Å². The molecule has 2 heterocycles. The van der Waals surface area contributed by atoms with Gasteiger partial charge in [0.05, 0.1) is 16.9 Å². The van der Waals surface area contributed by atoms with E-state index in [0.29, 0.717) is 16.9 Å². The fraction of sp³-hybridized carbons (Fsp3) is 0.593. The number of fused-ring (bicyclic) bond motifs is 2. The van der Waals surface area contributed by atoms with E-state index in [2.05, 4.69) is 71.4 Å². The number of amides is 2. The Hall–Kier alpha value is -1.70. The van der Waals surface area contributed by atoms with E-state index in [1.54, 1.807) is 25.1 Å². The highest BCUT2D eigenvalue weighted by atomic mass is 79.9. The van der Waals surface area contributed by atoms with Crippen LogP contribution >= 0.6 is 27.5 Å². The monoisotopic (exact) mass is 566 g/mol. The standard InChI is InChI=1S/C22H30BrClN4O2.C5H10/c1-21(2,3)10-18-22(15-7-6-14(24)9-16(15)27-20(22)30)13(11-25-12-23)8-17(26-18)19(29)28(4)5;1-3-5-4-2/h6-7,9,11,13,17-18,26H,8,10,12H2,1-5H3,(H,27,30);3,5H,4H2,1-2H3/b25-11+;5-3-/t13-,17-,18-,22+;/m1./s1. The molecular weight excluding hydrogens is 528 g/mol. The molecular formula is C27H40BrClN4O2. The number of likely N-dealkylation sites (N-methyl/N-ethyl adjacent to an activating group) is 1. The number of carbonyl (C=O) groups is 2. The minimum absolute atomic E-state index is 0.00994. The van der Waals surface area contributed by atoms with Crippen molar-refractivity contribution in [1.29, 1.82) is 0 Å². The molecule has 0 bridgehead atoms. The van der Waals surface area contributed by atoms with E-state index in [-0.39, 0.29) is 35.2 Å². The summed E-state index contributed by atoms with van der Waals surface area (Å²) in [5.74, 6) is -0.293. The summed E-state index contributed by atoms with van der Waals surface area (Å²) in [5.41, 5.74) is 1.18. The van der Waals surface area contributed by atoms with Crippen LogP contribution in [0.1, 0.15) is 59.4 Å².